The minimum atomic E-state index is -5.12. The SMILES string of the molecule is CCCCCC/C=C/CCCCCCCCCCCC(=O)O[C@H](COC(=O)CCCCC/C=C/CCCCCCCCCC)COP(=O)(O)OC1C(O)C(O)C(O)[C@H](O)C1O. The van der Waals surface area contributed by atoms with Crippen LogP contribution in [0.1, 0.15) is 206 Å². The number of unbranched alkanes of at least 4 members (excludes halogenated alkanes) is 24. The van der Waals surface area contributed by atoms with Gasteiger partial charge in [0.15, 0.2) is 6.10 Å². The second kappa shape index (κ2) is 37.7. The Bertz CT molecular complexity index is 1170. The number of aliphatic hydroxyl groups excluding tert-OH is 5. The highest BCUT2D eigenvalue weighted by Gasteiger charge is 2.51. The molecule has 1 rings (SSSR count). The summed E-state index contributed by atoms with van der Waals surface area (Å²) in [6.07, 6.45) is 28.0. The fraction of sp³-hybridized carbons (Fsp3) is 0.872. The van der Waals surface area contributed by atoms with Gasteiger partial charge in [0.25, 0.3) is 0 Å². The third kappa shape index (κ3) is 30.2. The molecule has 61 heavy (non-hydrogen) atoms. The van der Waals surface area contributed by atoms with Gasteiger partial charge in [-0.3, -0.25) is 18.6 Å². The van der Waals surface area contributed by atoms with Crippen molar-refractivity contribution in [2.75, 3.05) is 13.2 Å². The second-order valence-corrected chi connectivity index (χ2v) is 18.4. The predicted molar refractivity (Wildman–Crippen MR) is 240 cm³/mol. The van der Waals surface area contributed by atoms with Gasteiger partial charge in [0.1, 0.15) is 43.2 Å². The van der Waals surface area contributed by atoms with Crippen LogP contribution >= 0.6 is 7.82 Å². The van der Waals surface area contributed by atoms with Crippen molar-refractivity contribution in [3.63, 3.8) is 0 Å². The normalized spacial score (nSPS) is 22.2. The van der Waals surface area contributed by atoms with E-state index in [4.69, 9.17) is 18.5 Å². The smallest absolute Gasteiger partial charge is 0.462 e. The largest absolute Gasteiger partial charge is 0.472 e. The standard InChI is InChI=1S/C47H87O13P/c1-3-5-7-9-11-13-15-17-19-20-22-24-26-28-30-32-34-36-41(49)59-39(38-58-61(55,56)60-47-45(53)43(51)42(50)44(52)46(47)54)37-57-40(48)35-33-31-29-27-25-23-21-18-16-14-12-10-8-6-4-2/h13,15,23,25,39,42-47,50-54H,3-12,14,16-22,24,26-38H2,1-2H3,(H,55,56)/b15-13+,25-23+/t39-,42?,43+,44?,45?,46?,47?/m1/s1. The van der Waals surface area contributed by atoms with Gasteiger partial charge in [-0.25, -0.2) is 4.57 Å². The van der Waals surface area contributed by atoms with Crippen molar-refractivity contribution in [3.05, 3.63) is 24.3 Å². The van der Waals surface area contributed by atoms with Crippen LogP contribution in [0.2, 0.25) is 0 Å². The molecule has 1 saturated carbocycles. The van der Waals surface area contributed by atoms with E-state index >= 15 is 0 Å². The Labute approximate surface area is 368 Å². The van der Waals surface area contributed by atoms with E-state index < -0.39 is 75.7 Å². The molecule has 1 fully saturated rings. The first-order valence-corrected chi connectivity index (χ1v) is 25.6. The molecule has 0 aromatic heterocycles. The summed E-state index contributed by atoms with van der Waals surface area (Å²) in [4.78, 5) is 35.7. The molecule has 13 nitrogen and oxygen atoms in total. The molecule has 6 unspecified atom stereocenters. The minimum Gasteiger partial charge on any atom is -0.462 e. The fourth-order valence-electron chi connectivity index (χ4n) is 7.34. The van der Waals surface area contributed by atoms with Crippen LogP contribution in [0.25, 0.3) is 0 Å². The first-order chi connectivity index (χ1) is 29.4. The number of phosphoric acid groups is 1. The van der Waals surface area contributed by atoms with Crippen LogP contribution in [0.3, 0.4) is 0 Å². The monoisotopic (exact) mass is 891 g/mol. The zero-order valence-electron chi connectivity index (χ0n) is 38.0. The van der Waals surface area contributed by atoms with Crippen molar-refractivity contribution in [3.8, 4) is 0 Å². The molecule has 0 spiro atoms. The summed E-state index contributed by atoms with van der Waals surface area (Å²) in [6.45, 7) is 3.28. The molecule has 0 bridgehead atoms. The highest BCUT2D eigenvalue weighted by atomic mass is 31.2. The molecule has 1 aliphatic carbocycles. The highest BCUT2D eigenvalue weighted by molar-refractivity contribution is 7.47. The van der Waals surface area contributed by atoms with Crippen LogP contribution < -0.4 is 0 Å². The predicted octanol–water partition coefficient (Wildman–Crippen LogP) is 9.62. The Morgan fingerprint density at radius 3 is 1.28 bits per heavy atom. The Balaban J connectivity index is 2.44. The quantitative estimate of drug-likeness (QED) is 0.0147. The summed E-state index contributed by atoms with van der Waals surface area (Å²) >= 11 is 0. The Hall–Kier alpha value is -1.67. The number of hydrogen-bond donors (Lipinski definition) is 6. The maximum atomic E-state index is 12.8. The molecule has 14 heteroatoms. The topological polar surface area (TPSA) is 210 Å². The van der Waals surface area contributed by atoms with Crippen molar-refractivity contribution >= 4 is 19.8 Å². The Morgan fingerprint density at radius 1 is 0.492 bits per heavy atom. The number of allylic oxidation sites excluding steroid dienone is 4. The summed E-state index contributed by atoms with van der Waals surface area (Å²) in [6, 6.07) is 0. The third-order valence-corrected chi connectivity index (χ3v) is 12.3. The lowest BCUT2D eigenvalue weighted by Gasteiger charge is -2.41. The van der Waals surface area contributed by atoms with Gasteiger partial charge in [-0.2, -0.15) is 0 Å². The average molecular weight is 891 g/mol. The van der Waals surface area contributed by atoms with Gasteiger partial charge in [0.05, 0.1) is 6.61 Å². The molecule has 0 aliphatic heterocycles. The number of carbonyl (C=O) groups is 2. The van der Waals surface area contributed by atoms with Crippen molar-refractivity contribution in [2.24, 2.45) is 0 Å². The zero-order valence-corrected chi connectivity index (χ0v) is 38.9. The van der Waals surface area contributed by atoms with Crippen LogP contribution in [-0.2, 0) is 32.7 Å². The van der Waals surface area contributed by atoms with E-state index in [0.29, 0.717) is 12.8 Å². The van der Waals surface area contributed by atoms with Gasteiger partial charge in [-0.05, 0) is 64.2 Å². The van der Waals surface area contributed by atoms with Crippen molar-refractivity contribution in [1.29, 1.82) is 0 Å². The van der Waals surface area contributed by atoms with E-state index in [0.717, 1.165) is 57.8 Å². The molecule has 0 heterocycles. The summed E-state index contributed by atoms with van der Waals surface area (Å²) in [7, 11) is -5.12. The van der Waals surface area contributed by atoms with Crippen molar-refractivity contribution < 1.29 is 63.1 Å². The third-order valence-electron chi connectivity index (χ3n) is 11.3. The number of ether oxygens (including phenoxy) is 2. The number of phosphoric ester groups is 1. The van der Waals surface area contributed by atoms with Gasteiger partial charge in [0, 0.05) is 12.8 Å². The summed E-state index contributed by atoms with van der Waals surface area (Å²) < 4.78 is 33.5. The second-order valence-electron chi connectivity index (χ2n) is 17.0. The molecule has 1 aliphatic rings. The summed E-state index contributed by atoms with van der Waals surface area (Å²) in [5.41, 5.74) is 0. The number of esters is 2. The number of aliphatic hydroxyl groups is 5. The number of rotatable bonds is 40. The van der Waals surface area contributed by atoms with Gasteiger partial charge < -0.3 is 39.9 Å². The molecule has 0 radical (unpaired) electrons. The molecular weight excluding hydrogens is 803 g/mol. The Kier molecular flexibility index (Phi) is 35.4. The van der Waals surface area contributed by atoms with Gasteiger partial charge in [0.2, 0.25) is 0 Å². The lowest BCUT2D eigenvalue weighted by Crippen LogP contribution is -2.64. The molecule has 0 aromatic carbocycles. The van der Waals surface area contributed by atoms with E-state index in [1.165, 1.54) is 109 Å². The maximum absolute atomic E-state index is 12.8. The number of carbonyl (C=O) groups excluding carboxylic acids is 2. The Morgan fingerprint density at radius 2 is 0.836 bits per heavy atom. The van der Waals surface area contributed by atoms with Crippen molar-refractivity contribution in [2.45, 2.75) is 249 Å². The summed E-state index contributed by atoms with van der Waals surface area (Å²) in [5.74, 6) is -1.11. The maximum Gasteiger partial charge on any atom is 0.472 e. The molecular formula is C47H87O13P. The minimum absolute atomic E-state index is 0.0932. The van der Waals surface area contributed by atoms with Crippen LogP contribution in [0.5, 0.6) is 0 Å². The van der Waals surface area contributed by atoms with Gasteiger partial charge in [-0.15, -0.1) is 0 Å². The summed E-state index contributed by atoms with van der Waals surface area (Å²) in [5, 5.41) is 50.2. The van der Waals surface area contributed by atoms with E-state index in [1.54, 1.807) is 0 Å². The zero-order chi connectivity index (χ0) is 45.0. The molecule has 358 valence electrons. The van der Waals surface area contributed by atoms with E-state index in [-0.39, 0.29) is 12.8 Å². The van der Waals surface area contributed by atoms with Gasteiger partial charge in [-0.1, -0.05) is 154 Å². The van der Waals surface area contributed by atoms with E-state index in [1.807, 2.05) is 0 Å². The highest BCUT2D eigenvalue weighted by Crippen LogP contribution is 2.47. The molecule has 0 saturated heterocycles. The van der Waals surface area contributed by atoms with Crippen LogP contribution in [0.4, 0.5) is 0 Å². The fourth-order valence-corrected chi connectivity index (χ4v) is 8.31. The molecule has 0 aromatic rings. The van der Waals surface area contributed by atoms with Crippen LogP contribution in [-0.4, -0.2) is 98.3 Å². The molecule has 8 atom stereocenters. The molecule has 6 N–H and O–H groups in total. The lowest BCUT2D eigenvalue weighted by molar-refractivity contribution is -0.220. The first-order valence-electron chi connectivity index (χ1n) is 24.1. The van der Waals surface area contributed by atoms with E-state index in [2.05, 4.69) is 38.2 Å². The van der Waals surface area contributed by atoms with Crippen LogP contribution in [0.15, 0.2) is 24.3 Å². The van der Waals surface area contributed by atoms with Crippen LogP contribution in [0, 0.1) is 0 Å². The lowest BCUT2D eigenvalue weighted by atomic mass is 9.85. The number of hydrogen-bond acceptors (Lipinski definition) is 12. The first kappa shape index (κ1) is 57.3. The van der Waals surface area contributed by atoms with Gasteiger partial charge >= 0.3 is 19.8 Å². The molecule has 0 amide bonds. The van der Waals surface area contributed by atoms with Crippen molar-refractivity contribution in [1.82, 2.24) is 0 Å². The average Bonchev–Trinajstić information content (AvgIpc) is 3.24. The van der Waals surface area contributed by atoms with E-state index in [9.17, 15) is 44.6 Å².